The van der Waals surface area contributed by atoms with Crippen LogP contribution in [0.1, 0.15) is 18.4 Å². The highest BCUT2D eigenvalue weighted by atomic mass is 16.5. The Hall–Kier alpha value is -2.99. The van der Waals surface area contributed by atoms with Gasteiger partial charge in [0.2, 0.25) is 5.91 Å². The molecule has 0 N–H and O–H groups in total. The lowest BCUT2D eigenvalue weighted by molar-refractivity contribution is -0.141. The molecule has 0 spiro atoms. The van der Waals surface area contributed by atoms with Crippen molar-refractivity contribution < 1.29 is 14.3 Å². The van der Waals surface area contributed by atoms with Crippen LogP contribution in [0.2, 0.25) is 0 Å². The molecule has 1 aromatic carbocycles. The van der Waals surface area contributed by atoms with Gasteiger partial charge in [0, 0.05) is 45.2 Å². The lowest BCUT2D eigenvalue weighted by Crippen LogP contribution is -2.42. The number of carbonyl (C=O) groups excluding carboxylic acids is 2. The monoisotopic (exact) mass is 419 g/mol. The van der Waals surface area contributed by atoms with Gasteiger partial charge < -0.3 is 14.5 Å². The molecule has 0 radical (unpaired) electrons. The maximum absolute atomic E-state index is 13.3. The predicted molar refractivity (Wildman–Crippen MR) is 119 cm³/mol. The molecule has 31 heavy (non-hydrogen) atoms. The fourth-order valence-corrected chi connectivity index (χ4v) is 4.41. The lowest BCUT2D eigenvalue weighted by atomic mass is 9.95. The molecule has 0 bridgehead atoms. The first-order valence-electron chi connectivity index (χ1n) is 10.9. The molecular weight excluding hydrogens is 390 g/mol. The van der Waals surface area contributed by atoms with Gasteiger partial charge in [0.1, 0.15) is 6.10 Å². The average Bonchev–Trinajstić information content (AvgIpc) is 3.30. The molecule has 2 atom stereocenters. The van der Waals surface area contributed by atoms with Crippen molar-refractivity contribution in [3.05, 3.63) is 67.0 Å². The highest BCUT2D eigenvalue weighted by molar-refractivity contribution is 5.84. The van der Waals surface area contributed by atoms with Crippen molar-refractivity contribution in [1.82, 2.24) is 14.8 Å². The Balaban J connectivity index is 1.55. The summed E-state index contributed by atoms with van der Waals surface area (Å²) in [5, 5.41) is 0. The van der Waals surface area contributed by atoms with Crippen LogP contribution in [0.3, 0.4) is 0 Å². The molecule has 4 rings (SSSR count). The summed E-state index contributed by atoms with van der Waals surface area (Å²) >= 11 is 0. The Morgan fingerprint density at radius 2 is 2.10 bits per heavy atom. The van der Waals surface area contributed by atoms with E-state index in [1.54, 1.807) is 12.3 Å². The van der Waals surface area contributed by atoms with Crippen LogP contribution in [0.4, 0.5) is 0 Å². The summed E-state index contributed by atoms with van der Waals surface area (Å²) in [6, 6.07) is 12.2. The van der Waals surface area contributed by atoms with Crippen LogP contribution in [0.15, 0.2) is 61.4 Å². The number of nitrogens with zero attached hydrogens (tertiary/aromatic N) is 3. The summed E-state index contributed by atoms with van der Waals surface area (Å²) in [4.78, 5) is 34.1. The van der Waals surface area contributed by atoms with Crippen LogP contribution < -0.4 is 0 Å². The number of rotatable bonds is 6. The van der Waals surface area contributed by atoms with Gasteiger partial charge in [-0.2, -0.15) is 0 Å². The van der Waals surface area contributed by atoms with Crippen molar-refractivity contribution in [2.45, 2.75) is 25.4 Å². The second kappa shape index (κ2) is 9.88. The van der Waals surface area contributed by atoms with Crippen LogP contribution in [0, 0.1) is 5.92 Å². The summed E-state index contributed by atoms with van der Waals surface area (Å²) in [6.45, 7) is 6.39. The summed E-state index contributed by atoms with van der Waals surface area (Å²) in [5.41, 5.74) is 3.19. The van der Waals surface area contributed by atoms with Crippen LogP contribution in [-0.4, -0.2) is 65.5 Å². The number of pyridine rings is 1. The van der Waals surface area contributed by atoms with Gasteiger partial charge in [0.25, 0.3) is 5.91 Å². The quantitative estimate of drug-likeness (QED) is 0.676. The minimum atomic E-state index is -0.365. The molecule has 162 valence electrons. The minimum Gasteiger partial charge on any atom is -0.368 e. The third-order valence-corrected chi connectivity index (χ3v) is 6.01. The van der Waals surface area contributed by atoms with E-state index in [1.165, 1.54) is 0 Å². The maximum Gasteiger partial charge on any atom is 0.251 e. The van der Waals surface area contributed by atoms with Crippen LogP contribution in [-0.2, 0) is 20.7 Å². The smallest absolute Gasteiger partial charge is 0.251 e. The molecule has 6 nitrogen and oxygen atoms in total. The van der Waals surface area contributed by atoms with E-state index in [0.717, 1.165) is 29.5 Å². The van der Waals surface area contributed by atoms with Gasteiger partial charge in [0.15, 0.2) is 0 Å². The molecule has 2 amide bonds. The number of hydrogen-bond acceptors (Lipinski definition) is 4. The maximum atomic E-state index is 13.3. The normalized spacial score (nSPS) is 21.7. The number of carbonyl (C=O) groups is 2. The van der Waals surface area contributed by atoms with Gasteiger partial charge in [-0.05, 0) is 42.0 Å². The van der Waals surface area contributed by atoms with Crippen molar-refractivity contribution in [3.8, 4) is 11.1 Å². The van der Waals surface area contributed by atoms with Gasteiger partial charge >= 0.3 is 0 Å². The fraction of sp³-hybridized carbons (Fsp3) is 0.400. The van der Waals surface area contributed by atoms with Crippen molar-refractivity contribution in [3.63, 3.8) is 0 Å². The molecule has 2 saturated heterocycles. The highest BCUT2D eigenvalue weighted by Crippen LogP contribution is 2.24. The molecule has 2 unspecified atom stereocenters. The average molecular weight is 420 g/mol. The van der Waals surface area contributed by atoms with Gasteiger partial charge in [-0.15, -0.1) is 6.58 Å². The molecule has 3 heterocycles. The molecule has 1 aromatic heterocycles. The summed E-state index contributed by atoms with van der Waals surface area (Å²) < 4.78 is 5.62. The van der Waals surface area contributed by atoms with E-state index in [9.17, 15) is 9.59 Å². The second-order valence-corrected chi connectivity index (χ2v) is 8.20. The van der Waals surface area contributed by atoms with Gasteiger partial charge in [-0.1, -0.05) is 36.4 Å². The van der Waals surface area contributed by atoms with E-state index in [2.05, 4.69) is 17.6 Å². The standard InChI is InChI=1S/C25H29N3O3/c1-2-11-27-12-13-28(25(30)23-9-5-14-31-23)18-22(24(27)29)16-19-6-3-7-20(15-19)21-8-4-10-26-17-21/h2-4,6-8,10,15,17,22-23H,1,5,9,11-14,16,18H2. The first kappa shape index (κ1) is 21.2. The summed E-state index contributed by atoms with van der Waals surface area (Å²) in [6.07, 6.45) is 7.23. The van der Waals surface area contributed by atoms with Crippen molar-refractivity contribution in [2.24, 2.45) is 5.92 Å². The third-order valence-electron chi connectivity index (χ3n) is 6.01. The molecule has 0 saturated carbocycles. The number of hydrogen-bond donors (Lipinski definition) is 0. The van der Waals surface area contributed by atoms with E-state index in [0.29, 0.717) is 39.2 Å². The van der Waals surface area contributed by atoms with Gasteiger partial charge in [-0.25, -0.2) is 0 Å². The molecule has 2 aliphatic rings. The Kier molecular flexibility index (Phi) is 6.77. The lowest BCUT2D eigenvalue weighted by Gasteiger charge is -2.25. The largest absolute Gasteiger partial charge is 0.368 e. The van der Waals surface area contributed by atoms with Crippen molar-refractivity contribution in [2.75, 3.05) is 32.8 Å². The van der Waals surface area contributed by atoms with E-state index in [1.807, 2.05) is 46.3 Å². The van der Waals surface area contributed by atoms with E-state index in [4.69, 9.17) is 4.74 Å². The van der Waals surface area contributed by atoms with Crippen LogP contribution >= 0.6 is 0 Å². The van der Waals surface area contributed by atoms with Crippen LogP contribution in [0.25, 0.3) is 11.1 Å². The molecule has 2 aromatic rings. The Bertz CT molecular complexity index is 925. The molecular formula is C25H29N3O3. The molecule has 0 aliphatic carbocycles. The van der Waals surface area contributed by atoms with Crippen LogP contribution in [0.5, 0.6) is 0 Å². The van der Waals surface area contributed by atoms with Gasteiger partial charge in [0.05, 0.1) is 5.92 Å². The predicted octanol–water partition coefficient (Wildman–Crippen LogP) is 2.94. The fourth-order valence-electron chi connectivity index (χ4n) is 4.41. The first-order valence-corrected chi connectivity index (χ1v) is 10.9. The topological polar surface area (TPSA) is 62.7 Å². The SMILES string of the molecule is C=CCN1CCN(C(=O)C2CCCO2)CC(Cc2cccc(-c3cccnc3)c2)C1=O. The second-order valence-electron chi connectivity index (χ2n) is 8.20. The minimum absolute atomic E-state index is 0.0138. The number of benzene rings is 1. The zero-order chi connectivity index (χ0) is 21.6. The zero-order valence-corrected chi connectivity index (χ0v) is 17.8. The summed E-state index contributed by atoms with van der Waals surface area (Å²) in [7, 11) is 0. The number of ether oxygens (including phenoxy) is 1. The highest BCUT2D eigenvalue weighted by Gasteiger charge is 2.35. The molecule has 2 aliphatic heterocycles. The van der Waals surface area contributed by atoms with E-state index in [-0.39, 0.29) is 23.8 Å². The van der Waals surface area contributed by atoms with Crippen molar-refractivity contribution >= 4 is 11.8 Å². The third kappa shape index (κ3) is 5.02. The van der Waals surface area contributed by atoms with E-state index < -0.39 is 0 Å². The Morgan fingerprint density at radius 3 is 2.84 bits per heavy atom. The first-order chi connectivity index (χ1) is 15.2. The number of aromatic nitrogens is 1. The van der Waals surface area contributed by atoms with E-state index >= 15 is 0 Å². The molecule has 2 fully saturated rings. The van der Waals surface area contributed by atoms with Gasteiger partial charge in [-0.3, -0.25) is 14.6 Å². The summed E-state index contributed by atoms with van der Waals surface area (Å²) in [5.74, 6) is -0.203. The zero-order valence-electron chi connectivity index (χ0n) is 17.8. The molecule has 6 heteroatoms. The number of amides is 2. The van der Waals surface area contributed by atoms with Crippen molar-refractivity contribution in [1.29, 1.82) is 0 Å². The Labute approximate surface area is 183 Å². The Morgan fingerprint density at radius 1 is 1.23 bits per heavy atom.